The second kappa shape index (κ2) is 9.85. The fraction of sp³-hybridized carbons (Fsp3) is 0.171. The van der Waals surface area contributed by atoms with Crippen LogP contribution in [0.2, 0.25) is 0 Å². The Hall–Kier alpha value is -4.83. The van der Waals surface area contributed by atoms with Gasteiger partial charge in [0.1, 0.15) is 6.26 Å². The molecule has 7 aromatic rings. The molecular formula is C35H28N6O2S. The average Bonchev–Trinajstić information content (AvgIpc) is 3.91. The normalized spacial score (nSPS) is 23.4. The van der Waals surface area contributed by atoms with Gasteiger partial charge >= 0.3 is 0 Å². The van der Waals surface area contributed by atoms with E-state index in [1.54, 1.807) is 6.26 Å². The van der Waals surface area contributed by atoms with E-state index in [-0.39, 0.29) is 6.04 Å². The van der Waals surface area contributed by atoms with E-state index in [0.717, 1.165) is 38.6 Å². The van der Waals surface area contributed by atoms with Crippen molar-refractivity contribution in [2.75, 3.05) is 18.1 Å². The number of fused-ring (bicyclic) bond motifs is 3. The maximum absolute atomic E-state index is 7.46. The molecule has 3 aromatic carbocycles. The van der Waals surface area contributed by atoms with Gasteiger partial charge in [-0.15, -0.1) is 0 Å². The van der Waals surface area contributed by atoms with Gasteiger partial charge in [0.2, 0.25) is 0 Å². The number of aromatic amines is 1. The molecule has 1 fully saturated rings. The molecule has 2 aliphatic heterocycles. The first-order valence-corrected chi connectivity index (χ1v) is 15.6. The molecule has 9 rings (SSSR count). The number of hydrogen-bond acceptors (Lipinski definition) is 8. The van der Waals surface area contributed by atoms with Crippen LogP contribution in [-0.4, -0.2) is 32.6 Å². The van der Waals surface area contributed by atoms with Crippen LogP contribution in [-0.2, 0) is 22.4 Å². The summed E-state index contributed by atoms with van der Waals surface area (Å²) in [6.45, 7) is 1.70. The van der Waals surface area contributed by atoms with Crippen molar-refractivity contribution in [3.63, 3.8) is 0 Å². The van der Waals surface area contributed by atoms with E-state index in [0.29, 0.717) is 25.5 Å². The third-order valence-corrected chi connectivity index (χ3v) is 9.92. The fourth-order valence-corrected chi connectivity index (χ4v) is 8.26. The van der Waals surface area contributed by atoms with Crippen molar-refractivity contribution < 1.29 is 9.26 Å². The van der Waals surface area contributed by atoms with Gasteiger partial charge in [0.15, 0.2) is 17.0 Å². The molecule has 3 unspecified atom stereocenters. The number of morpholine rings is 1. The number of nitrogens with one attached hydrogen (secondary N) is 2. The summed E-state index contributed by atoms with van der Waals surface area (Å²) >= 11 is 1.43. The number of rotatable bonds is 5. The molecular weight excluding hydrogens is 568 g/mol. The van der Waals surface area contributed by atoms with E-state index in [1.165, 1.54) is 22.7 Å². The summed E-state index contributed by atoms with van der Waals surface area (Å²) in [6, 6.07) is 31.3. The van der Waals surface area contributed by atoms with Gasteiger partial charge < -0.3 is 24.5 Å². The quantitative estimate of drug-likeness (QED) is 0.229. The summed E-state index contributed by atoms with van der Waals surface area (Å²) in [7, 11) is 0. The topological polar surface area (TPSA) is 92.1 Å². The molecule has 0 spiro atoms. The van der Waals surface area contributed by atoms with Crippen molar-refractivity contribution in [3.05, 3.63) is 143 Å². The zero-order chi connectivity index (χ0) is 29.1. The van der Waals surface area contributed by atoms with Crippen LogP contribution in [0.1, 0.15) is 34.3 Å². The van der Waals surface area contributed by atoms with Crippen molar-refractivity contribution in [3.8, 4) is 0 Å². The molecule has 0 aliphatic carbocycles. The van der Waals surface area contributed by atoms with Gasteiger partial charge in [-0.05, 0) is 45.6 Å². The van der Waals surface area contributed by atoms with Crippen molar-refractivity contribution in [2.24, 2.45) is 0 Å². The highest BCUT2D eigenvalue weighted by atomic mass is 32.1. The molecule has 4 aromatic heterocycles. The second-order valence-corrected chi connectivity index (χ2v) is 12.0. The standard InChI is InChI=1S/C35H28N6O2S/c1-4-10-26-23(7-1)13-16-36-31(26)34(29-15-20-44-40-29)35(32-27-11-5-2-8-24(27)21-37-32,33-28-12-6-3-9-25(28)22-38-33)42-19-17-41(34)30-14-18-43-39-30/h1-16,18,20-21,33,37-38H,17,19,22H2. The van der Waals surface area contributed by atoms with E-state index >= 15 is 0 Å². The Morgan fingerprint density at radius 2 is 1.73 bits per heavy atom. The molecule has 0 saturated carbocycles. The Kier molecular flexibility index (Phi) is 5.74. The average molecular weight is 597 g/mol. The van der Waals surface area contributed by atoms with Gasteiger partial charge in [-0.2, -0.15) is 4.37 Å². The number of aromatic nitrogens is 4. The molecule has 8 nitrogen and oxygen atoms in total. The molecule has 9 heteroatoms. The van der Waals surface area contributed by atoms with Crippen molar-refractivity contribution in [1.82, 2.24) is 24.8 Å². The SMILES string of the molecule is c1ccc2c(c1)CNC2C1(c2[nH]cc3ccccc23)OCCN(c2ccon2)C1(c1ccsn1)c1nccc2ccccc12. The maximum Gasteiger partial charge on any atom is 0.173 e. The Morgan fingerprint density at radius 1 is 0.886 bits per heavy atom. The minimum absolute atomic E-state index is 0.280. The fourth-order valence-electron chi connectivity index (χ4n) is 7.70. The number of benzene rings is 3. The van der Waals surface area contributed by atoms with Crippen LogP contribution >= 0.6 is 11.5 Å². The van der Waals surface area contributed by atoms with Gasteiger partial charge in [-0.25, -0.2) is 0 Å². The molecule has 3 atom stereocenters. The molecule has 216 valence electrons. The zero-order valence-corrected chi connectivity index (χ0v) is 24.5. The third kappa shape index (κ3) is 3.37. The van der Waals surface area contributed by atoms with E-state index in [2.05, 4.69) is 111 Å². The Labute approximate surface area is 257 Å². The minimum Gasteiger partial charge on any atom is -0.363 e. The van der Waals surface area contributed by atoms with E-state index in [9.17, 15) is 0 Å². The number of nitrogens with zero attached hydrogens (tertiary/aromatic N) is 4. The van der Waals surface area contributed by atoms with Crippen LogP contribution in [0, 0.1) is 0 Å². The van der Waals surface area contributed by atoms with Crippen LogP contribution < -0.4 is 10.2 Å². The molecule has 1 saturated heterocycles. The summed E-state index contributed by atoms with van der Waals surface area (Å²) < 4.78 is 18.1. The first-order chi connectivity index (χ1) is 21.8. The van der Waals surface area contributed by atoms with Crippen LogP contribution in [0.3, 0.4) is 0 Å². The molecule has 0 amide bonds. The lowest BCUT2D eigenvalue weighted by molar-refractivity contribution is -0.147. The summed E-state index contributed by atoms with van der Waals surface area (Å²) in [5.74, 6) is 0.697. The van der Waals surface area contributed by atoms with E-state index < -0.39 is 11.1 Å². The summed E-state index contributed by atoms with van der Waals surface area (Å²) in [4.78, 5) is 11.3. The molecule has 44 heavy (non-hydrogen) atoms. The van der Waals surface area contributed by atoms with Crippen LogP contribution in [0.4, 0.5) is 5.82 Å². The number of pyridine rings is 1. The predicted molar refractivity (Wildman–Crippen MR) is 170 cm³/mol. The lowest BCUT2D eigenvalue weighted by atomic mass is 9.63. The number of ether oxygens (including phenoxy) is 1. The van der Waals surface area contributed by atoms with Crippen molar-refractivity contribution in [1.29, 1.82) is 0 Å². The number of anilines is 1. The van der Waals surface area contributed by atoms with Crippen molar-refractivity contribution in [2.45, 2.75) is 23.7 Å². The lowest BCUT2D eigenvalue weighted by Crippen LogP contribution is -2.70. The highest BCUT2D eigenvalue weighted by molar-refractivity contribution is 7.03. The molecule has 0 bridgehead atoms. The highest BCUT2D eigenvalue weighted by Gasteiger charge is 2.69. The van der Waals surface area contributed by atoms with Gasteiger partial charge in [-0.3, -0.25) is 4.98 Å². The van der Waals surface area contributed by atoms with Crippen LogP contribution in [0.15, 0.2) is 120 Å². The Balaban J connectivity index is 1.51. The zero-order valence-electron chi connectivity index (χ0n) is 23.7. The largest absolute Gasteiger partial charge is 0.363 e. The van der Waals surface area contributed by atoms with Gasteiger partial charge in [-0.1, -0.05) is 78.0 Å². The second-order valence-electron chi connectivity index (χ2n) is 11.3. The maximum atomic E-state index is 7.46. The summed E-state index contributed by atoms with van der Waals surface area (Å²) in [6.07, 6.45) is 5.60. The lowest BCUT2D eigenvalue weighted by Gasteiger charge is -2.59. The Bertz CT molecular complexity index is 2100. The summed E-state index contributed by atoms with van der Waals surface area (Å²) in [5, 5.41) is 14.8. The van der Waals surface area contributed by atoms with Gasteiger partial charge in [0.05, 0.1) is 29.7 Å². The molecule has 6 heterocycles. The predicted octanol–water partition coefficient (Wildman–Crippen LogP) is 6.68. The first-order valence-electron chi connectivity index (χ1n) is 14.8. The Morgan fingerprint density at radius 3 is 2.59 bits per heavy atom. The van der Waals surface area contributed by atoms with Gasteiger partial charge in [0.25, 0.3) is 0 Å². The van der Waals surface area contributed by atoms with E-state index in [1.807, 2.05) is 17.6 Å². The van der Waals surface area contributed by atoms with E-state index in [4.69, 9.17) is 18.6 Å². The van der Waals surface area contributed by atoms with Gasteiger partial charge in [0, 0.05) is 47.7 Å². The minimum atomic E-state index is -1.11. The third-order valence-electron chi connectivity index (χ3n) is 9.36. The molecule has 0 radical (unpaired) electrons. The number of H-pyrrole nitrogens is 1. The molecule has 2 aliphatic rings. The monoisotopic (exact) mass is 596 g/mol. The number of hydrogen-bond donors (Lipinski definition) is 2. The van der Waals surface area contributed by atoms with Crippen molar-refractivity contribution >= 4 is 38.9 Å². The molecule has 2 N–H and O–H groups in total. The highest BCUT2D eigenvalue weighted by Crippen LogP contribution is 2.62. The van der Waals surface area contributed by atoms with Crippen LogP contribution in [0.25, 0.3) is 21.5 Å². The first kappa shape index (κ1) is 25.6. The smallest absolute Gasteiger partial charge is 0.173 e. The van der Waals surface area contributed by atoms with Crippen LogP contribution in [0.5, 0.6) is 0 Å². The summed E-state index contributed by atoms with van der Waals surface area (Å²) in [5.41, 5.74) is 2.85.